The quantitative estimate of drug-likeness (QED) is 0.688. The maximum Gasteiger partial charge on any atom is 0.281 e. The van der Waals surface area contributed by atoms with Crippen LogP contribution in [-0.4, -0.2) is 9.55 Å². The summed E-state index contributed by atoms with van der Waals surface area (Å²) in [6.07, 6.45) is 0. The summed E-state index contributed by atoms with van der Waals surface area (Å²) in [7, 11) is 1.93. The predicted molar refractivity (Wildman–Crippen MR) is 78.0 cm³/mol. The van der Waals surface area contributed by atoms with Crippen LogP contribution in [0.2, 0.25) is 0 Å². The van der Waals surface area contributed by atoms with E-state index in [1.54, 1.807) is 17.4 Å². The normalized spacial score (nSPS) is 11.0. The highest BCUT2D eigenvalue weighted by molar-refractivity contribution is 9.10. The molecule has 3 rings (SSSR count). The van der Waals surface area contributed by atoms with Gasteiger partial charge in [-0.05, 0) is 34.1 Å². The van der Waals surface area contributed by atoms with Crippen LogP contribution in [0.1, 0.15) is 0 Å². The van der Waals surface area contributed by atoms with Gasteiger partial charge in [0.2, 0.25) is 0 Å². The standard InChI is InChI=1S/C13H9BrN2OS/c1-16-10-5-3-2-4-9(10)13(17)15-12(16)11-6-8(14)7-18-11/h2-7H,1H3. The second-order valence-corrected chi connectivity index (χ2v) is 5.77. The molecule has 0 aliphatic heterocycles. The molecule has 0 unspecified atom stereocenters. The van der Waals surface area contributed by atoms with Crippen LogP contribution in [0.4, 0.5) is 0 Å². The van der Waals surface area contributed by atoms with Gasteiger partial charge < -0.3 is 4.57 Å². The number of para-hydroxylation sites is 1. The molecule has 0 spiro atoms. The van der Waals surface area contributed by atoms with Gasteiger partial charge in [-0.1, -0.05) is 12.1 Å². The van der Waals surface area contributed by atoms with Gasteiger partial charge in [0.1, 0.15) is 0 Å². The Morgan fingerprint density at radius 3 is 2.83 bits per heavy atom. The van der Waals surface area contributed by atoms with Gasteiger partial charge in [-0.2, -0.15) is 4.98 Å². The lowest BCUT2D eigenvalue weighted by molar-refractivity contribution is 0.919. The predicted octanol–water partition coefficient (Wildman–Crippen LogP) is 3.42. The van der Waals surface area contributed by atoms with Crippen molar-refractivity contribution in [1.29, 1.82) is 0 Å². The summed E-state index contributed by atoms with van der Waals surface area (Å²) < 4.78 is 2.96. The first kappa shape index (κ1) is 11.6. The zero-order valence-electron chi connectivity index (χ0n) is 9.55. The number of thiophene rings is 1. The van der Waals surface area contributed by atoms with Crippen molar-refractivity contribution in [2.45, 2.75) is 0 Å². The van der Waals surface area contributed by atoms with Gasteiger partial charge in [0.05, 0.1) is 15.8 Å². The van der Waals surface area contributed by atoms with Gasteiger partial charge in [-0.3, -0.25) is 4.79 Å². The van der Waals surface area contributed by atoms with E-state index >= 15 is 0 Å². The van der Waals surface area contributed by atoms with Gasteiger partial charge >= 0.3 is 0 Å². The van der Waals surface area contributed by atoms with E-state index in [4.69, 9.17) is 0 Å². The molecule has 0 aliphatic carbocycles. The molecule has 2 heterocycles. The number of benzene rings is 1. The van der Waals surface area contributed by atoms with E-state index < -0.39 is 0 Å². The summed E-state index contributed by atoms with van der Waals surface area (Å²) in [4.78, 5) is 17.2. The minimum absolute atomic E-state index is 0.178. The fourth-order valence-electron chi connectivity index (χ4n) is 1.94. The van der Waals surface area contributed by atoms with Crippen LogP contribution in [-0.2, 0) is 7.05 Å². The van der Waals surface area contributed by atoms with Gasteiger partial charge in [0, 0.05) is 16.9 Å². The average Bonchev–Trinajstić information content (AvgIpc) is 2.80. The van der Waals surface area contributed by atoms with Crippen molar-refractivity contribution in [2.24, 2.45) is 7.05 Å². The Morgan fingerprint density at radius 1 is 1.33 bits per heavy atom. The van der Waals surface area contributed by atoms with Crippen LogP contribution in [0.3, 0.4) is 0 Å². The molecular formula is C13H9BrN2OS. The number of aromatic nitrogens is 2. The van der Waals surface area contributed by atoms with Crippen LogP contribution in [0.25, 0.3) is 21.6 Å². The summed E-state index contributed by atoms with van der Waals surface area (Å²) in [6.45, 7) is 0. The first-order chi connectivity index (χ1) is 8.66. The number of nitrogens with zero attached hydrogens (tertiary/aromatic N) is 2. The molecule has 2 aromatic heterocycles. The summed E-state index contributed by atoms with van der Waals surface area (Å²) in [5.41, 5.74) is 0.722. The minimum atomic E-state index is -0.178. The Hall–Kier alpha value is -1.46. The van der Waals surface area contributed by atoms with E-state index in [0.717, 1.165) is 14.9 Å². The lowest BCUT2D eigenvalue weighted by Gasteiger charge is -2.09. The van der Waals surface area contributed by atoms with Crippen molar-refractivity contribution in [3.05, 3.63) is 50.5 Å². The molecule has 18 heavy (non-hydrogen) atoms. The second kappa shape index (κ2) is 4.33. The van der Waals surface area contributed by atoms with Crippen LogP contribution >= 0.6 is 27.3 Å². The maximum atomic E-state index is 12.0. The van der Waals surface area contributed by atoms with Gasteiger partial charge in [0.15, 0.2) is 5.82 Å². The van der Waals surface area contributed by atoms with Crippen molar-refractivity contribution in [2.75, 3.05) is 0 Å². The number of rotatable bonds is 1. The topological polar surface area (TPSA) is 34.9 Å². The highest BCUT2D eigenvalue weighted by Crippen LogP contribution is 2.28. The molecule has 90 valence electrons. The Morgan fingerprint density at radius 2 is 2.11 bits per heavy atom. The number of halogens is 1. The molecule has 0 aliphatic rings. The molecule has 3 nitrogen and oxygen atoms in total. The lowest BCUT2D eigenvalue weighted by atomic mass is 10.2. The molecule has 3 aromatic rings. The van der Waals surface area contributed by atoms with Crippen LogP contribution in [0, 0.1) is 0 Å². The first-order valence-corrected chi connectivity index (χ1v) is 7.04. The molecule has 5 heteroatoms. The zero-order valence-corrected chi connectivity index (χ0v) is 12.0. The summed E-state index contributed by atoms with van der Waals surface area (Å²) >= 11 is 4.98. The molecule has 0 saturated carbocycles. The number of aryl methyl sites for hydroxylation is 1. The van der Waals surface area contributed by atoms with Crippen molar-refractivity contribution in [1.82, 2.24) is 9.55 Å². The SMILES string of the molecule is Cn1c(-c2cc(Br)cs2)nc(=O)c2ccccc21. The van der Waals surface area contributed by atoms with E-state index in [2.05, 4.69) is 20.9 Å². The molecule has 0 N–H and O–H groups in total. The van der Waals surface area contributed by atoms with E-state index in [-0.39, 0.29) is 5.56 Å². The average molecular weight is 321 g/mol. The van der Waals surface area contributed by atoms with Crippen LogP contribution in [0.15, 0.2) is 45.0 Å². The third kappa shape index (κ3) is 1.79. The third-order valence-corrected chi connectivity index (χ3v) is 4.50. The van der Waals surface area contributed by atoms with E-state index in [1.165, 1.54) is 0 Å². The number of fused-ring (bicyclic) bond motifs is 1. The molecule has 0 amide bonds. The molecule has 0 atom stereocenters. The minimum Gasteiger partial charge on any atom is -0.327 e. The Labute approximate surface area is 116 Å². The molecule has 1 aromatic carbocycles. The van der Waals surface area contributed by atoms with Crippen molar-refractivity contribution >= 4 is 38.2 Å². The first-order valence-electron chi connectivity index (χ1n) is 5.37. The smallest absolute Gasteiger partial charge is 0.281 e. The fraction of sp³-hybridized carbons (Fsp3) is 0.0769. The molecule has 0 bridgehead atoms. The maximum absolute atomic E-state index is 12.0. The Bertz CT molecular complexity index is 791. The largest absolute Gasteiger partial charge is 0.327 e. The Kier molecular flexibility index (Phi) is 2.80. The molecular weight excluding hydrogens is 312 g/mol. The zero-order chi connectivity index (χ0) is 12.7. The monoisotopic (exact) mass is 320 g/mol. The molecule has 0 saturated heterocycles. The molecule has 0 fully saturated rings. The lowest BCUT2D eigenvalue weighted by Crippen LogP contribution is -2.13. The highest BCUT2D eigenvalue weighted by atomic mass is 79.9. The second-order valence-electron chi connectivity index (χ2n) is 3.95. The van der Waals surface area contributed by atoms with Gasteiger partial charge in [0.25, 0.3) is 5.56 Å². The van der Waals surface area contributed by atoms with Crippen molar-refractivity contribution in [3.8, 4) is 10.7 Å². The fourth-order valence-corrected chi connectivity index (χ4v) is 3.39. The highest BCUT2D eigenvalue weighted by Gasteiger charge is 2.11. The van der Waals surface area contributed by atoms with Gasteiger partial charge in [-0.15, -0.1) is 11.3 Å². The Balaban J connectivity index is 2.38. The number of hydrogen-bond donors (Lipinski definition) is 0. The number of hydrogen-bond acceptors (Lipinski definition) is 3. The van der Waals surface area contributed by atoms with Crippen molar-refractivity contribution in [3.63, 3.8) is 0 Å². The van der Waals surface area contributed by atoms with Crippen LogP contribution in [0.5, 0.6) is 0 Å². The van der Waals surface area contributed by atoms with E-state index in [0.29, 0.717) is 11.2 Å². The molecule has 0 radical (unpaired) electrons. The van der Waals surface area contributed by atoms with Crippen LogP contribution < -0.4 is 5.56 Å². The summed E-state index contributed by atoms with van der Waals surface area (Å²) in [5, 5.41) is 2.64. The van der Waals surface area contributed by atoms with E-state index in [9.17, 15) is 4.79 Å². The summed E-state index contributed by atoms with van der Waals surface area (Å²) in [5.74, 6) is 0.703. The van der Waals surface area contributed by atoms with Gasteiger partial charge in [-0.25, -0.2) is 0 Å². The third-order valence-electron chi connectivity index (χ3n) is 2.81. The van der Waals surface area contributed by atoms with E-state index in [1.807, 2.05) is 41.3 Å². The summed E-state index contributed by atoms with van der Waals surface area (Å²) in [6, 6.07) is 9.49. The van der Waals surface area contributed by atoms with Crippen molar-refractivity contribution < 1.29 is 0 Å².